The van der Waals surface area contributed by atoms with E-state index in [0.29, 0.717) is 12.1 Å². The van der Waals surface area contributed by atoms with Crippen LogP contribution in [0, 0.1) is 0 Å². The Labute approximate surface area is 142 Å². The molecular formula is C15H11F6N3O2. The van der Waals surface area contributed by atoms with Crippen LogP contribution in [0.2, 0.25) is 0 Å². The number of hydrogen-bond donors (Lipinski definition) is 1. The Morgan fingerprint density at radius 3 is 2.08 bits per heavy atom. The smallest absolute Gasteiger partial charge is 0.324 e. The Kier molecular flexibility index (Phi) is 5.10. The molecule has 1 amide bonds. The maximum absolute atomic E-state index is 12.8. The van der Waals surface area contributed by atoms with Crippen molar-refractivity contribution in [2.45, 2.75) is 25.3 Å². The van der Waals surface area contributed by atoms with Crippen LogP contribution < -0.4 is 10.9 Å². The molecule has 0 aliphatic heterocycles. The first kappa shape index (κ1) is 19.5. The van der Waals surface area contributed by atoms with Crippen molar-refractivity contribution in [1.82, 2.24) is 9.78 Å². The molecule has 140 valence electrons. The van der Waals surface area contributed by atoms with Crippen molar-refractivity contribution in [3.63, 3.8) is 0 Å². The molecule has 1 heterocycles. The lowest BCUT2D eigenvalue weighted by Gasteiger charge is -2.17. The molecule has 0 aliphatic carbocycles. The normalized spacial score (nSPS) is 13.3. The van der Waals surface area contributed by atoms with Gasteiger partial charge in [-0.1, -0.05) is 0 Å². The summed E-state index contributed by atoms with van der Waals surface area (Å²) >= 11 is 0. The molecule has 2 rings (SSSR count). The summed E-state index contributed by atoms with van der Waals surface area (Å²) < 4.78 is 77.6. The second-order valence-electron chi connectivity index (χ2n) is 5.27. The molecule has 0 aliphatic rings. The van der Waals surface area contributed by atoms with Crippen LogP contribution in [0.5, 0.6) is 0 Å². The van der Waals surface area contributed by atoms with Gasteiger partial charge in [0.1, 0.15) is 6.04 Å². The van der Waals surface area contributed by atoms with Gasteiger partial charge in [0, 0.05) is 18.0 Å². The van der Waals surface area contributed by atoms with E-state index in [1.54, 1.807) is 0 Å². The summed E-state index contributed by atoms with van der Waals surface area (Å²) in [6.07, 6.45) is -8.87. The third-order valence-corrected chi connectivity index (χ3v) is 3.34. The predicted octanol–water partition coefficient (Wildman–Crippen LogP) is 3.48. The molecule has 2 aromatic rings. The second-order valence-corrected chi connectivity index (χ2v) is 5.27. The lowest BCUT2D eigenvalue weighted by molar-refractivity contribution is -0.143. The first-order chi connectivity index (χ1) is 11.9. The standard InChI is InChI=1S/C15H11F6N3O2/c1-8(24-12(25)3-2-4-22-24)13(26)23-11-6-9(14(16,17)18)5-10(7-11)15(19,20)21/h2-8H,1H3,(H,23,26). The molecule has 0 fully saturated rings. The van der Waals surface area contributed by atoms with Crippen LogP contribution in [0.4, 0.5) is 32.0 Å². The third-order valence-electron chi connectivity index (χ3n) is 3.34. The Morgan fingerprint density at radius 2 is 1.62 bits per heavy atom. The maximum atomic E-state index is 12.8. The summed E-state index contributed by atoms with van der Waals surface area (Å²) in [7, 11) is 0. The van der Waals surface area contributed by atoms with Crippen molar-refractivity contribution in [3.8, 4) is 0 Å². The Balaban J connectivity index is 2.38. The largest absolute Gasteiger partial charge is 0.416 e. The Morgan fingerprint density at radius 1 is 1.08 bits per heavy atom. The van der Waals surface area contributed by atoms with Gasteiger partial charge in [-0.2, -0.15) is 31.4 Å². The van der Waals surface area contributed by atoms with Crippen LogP contribution in [0.3, 0.4) is 0 Å². The monoisotopic (exact) mass is 379 g/mol. The summed E-state index contributed by atoms with van der Waals surface area (Å²) in [5.41, 5.74) is -4.49. The zero-order valence-corrected chi connectivity index (χ0v) is 13.0. The van der Waals surface area contributed by atoms with Crippen LogP contribution in [-0.4, -0.2) is 15.7 Å². The van der Waals surface area contributed by atoms with E-state index in [0.717, 1.165) is 10.7 Å². The van der Waals surface area contributed by atoms with Gasteiger partial charge in [-0.05, 0) is 31.2 Å². The highest BCUT2D eigenvalue weighted by Crippen LogP contribution is 2.37. The third kappa shape index (κ3) is 4.41. The van der Waals surface area contributed by atoms with Gasteiger partial charge in [0.2, 0.25) is 5.91 Å². The molecule has 0 radical (unpaired) electrons. The number of anilines is 1. The predicted molar refractivity (Wildman–Crippen MR) is 78.3 cm³/mol. The number of carbonyl (C=O) groups is 1. The van der Waals surface area contributed by atoms with E-state index in [1.807, 2.05) is 5.32 Å². The Bertz CT molecular complexity index is 840. The minimum atomic E-state index is -5.04. The number of rotatable bonds is 3. The molecule has 5 nitrogen and oxygen atoms in total. The summed E-state index contributed by atoms with van der Waals surface area (Å²) in [6.45, 7) is 1.22. The number of nitrogens with one attached hydrogen (secondary N) is 1. The maximum Gasteiger partial charge on any atom is 0.416 e. The molecule has 1 atom stereocenters. The van der Waals surface area contributed by atoms with Gasteiger partial charge < -0.3 is 5.32 Å². The van der Waals surface area contributed by atoms with E-state index in [-0.39, 0.29) is 6.07 Å². The summed E-state index contributed by atoms with van der Waals surface area (Å²) in [5.74, 6) is -1.00. The molecule has 0 saturated carbocycles. The average Bonchev–Trinajstić information content (AvgIpc) is 2.52. The van der Waals surface area contributed by atoms with Crippen LogP contribution in [0.25, 0.3) is 0 Å². The average molecular weight is 379 g/mol. The van der Waals surface area contributed by atoms with Crippen molar-refractivity contribution in [1.29, 1.82) is 0 Å². The van der Waals surface area contributed by atoms with Gasteiger partial charge in [-0.15, -0.1) is 0 Å². The first-order valence-electron chi connectivity index (χ1n) is 7.04. The topological polar surface area (TPSA) is 64.0 Å². The number of alkyl halides is 6. The van der Waals surface area contributed by atoms with Gasteiger partial charge in [0.05, 0.1) is 11.1 Å². The fourth-order valence-corrected chi connectivity index (χ4v) is 2.04. The molecule has 0 spiro atoms. The summed E-state index contributed by atoms with van der Waals surface area (Å²) in [6, 6.07) is 1.85. The van der Waals surface area contributed by atoms with Crippen molar-refractivity contribution < 1.29 is 31.1 Å². The van der Waals surface area contributed by atoms with Crippen LogP contribution in [0.1, 0.15) is 24.1 Å². The quantitative estimate of drug-likeness (QED) is 0.831. The number of hydrogen-bond acceptors (Lipinski definition) is 3. The lowest BCUT2D eigenvalue weighted by atomic mass is 10.1. The van der Waals surface area contributed by atoms with Crippen molar-refractivity contribution in [2.75, 3.05) is 5.32 Å². The highest BCUT2D eigenvalue weighted by atomic mass is 19.4. The molecule has 0 saturated heterocycles. The SMILES string of the molecule is CC(C(=O)Nc1cc(C(F)(F)F)cc(C(F)(F)F)c1)n1ncccc1=O. The van der Waals surface area contributed by atoms with E-state index < -0.39 is 46.7 Å². The van der Waals surface area contributed by atoms with E-state index in [2.05, 4.69) is 5.10 Å². The minimum absolute atomic E-state index is 0.0532. The van der Waals surface area contributed by atoms with Crippen LogP contribution in [-0.2, 0) is 17.1 Å². The molecule has 1 aromatic heterocycles. The summed E-state index contributed by atoms with van der Waals surface area (Å²) in [4.78, 5) is 23.7. The number of halogens is 6. The number of amides is 1. The molecule has 1 N–H and O–H groups in total. The molecule has 11 heteroatoms. The van der Waals surface area contributed by atoms with E-state index in [1.165, 1.54) is 19.2 Å². The molecule has 0 bridgehead atoms. The molecule has 1 aromatic carbocycles. The summed E-state index contributed by atoms with van der Waals surface area (Å²) in [5, 5.41) is 5.59. The van der Waals surface area contributed by atoms with E-state index in [4.69, 9.17) is 0 Å². The van der Waals surface area contributed by atoms with Crippen LogP contribution in [0.15, 0.2) is 41.3 Å². The molecule has 26 heavy (non-hydrogen) atoms. The fourth-order valence-electron chi connectivity index (χ4n) is 2.04. The van der Waals surface area contributed by atoms with Gasteiger partial charge in [-0.25, -0.2) is 4.68 Å². The zero-order chi connectivity index (χ0) is 19.7. The number of carbonyl (C=O) groups excluding carboxylic acids is 1. The number of aromatic nitrogens is 2. The van der Waals surface area contributed by atoms with Gasteiger partial charge in [-0.3, -0.25) is 9.59 Å². The van der Waals surface area contributed by atoms with E-state index >= 15 is 0 Å². The number of nitrogens with zero attached hydrogens (tertiary/aromatic N) is 2. The van der Waals surface area contributed by atoms with E-state index in [9.17, 15) is 35.9 Å². The Hall–Kier alpha value is -2.85. The van der Waals surface area contributed by atoms with Gasteiger partial charge in [0.15, 0.2) is 0 Å². The fraction of sp³-hybridized carbons (Fsp3) is 0.267. The lowest BCUT2D eigenvalue weighted by Crippen LogP contribution is -2.32. The molecule has 1 unspecified atom stereocenters. The highest BCUT2D eigenvalue weighted by Gasteiger charge is 2.37. The van der Waals surface area contributed by atoms with Crippen LogP contribution >= 0.6 is 0 Å². The second kappa shape index (κ2) is 6.81. The first-order valence-corrected chi connectivity index (χ1v) is 7.04. The molecular weight excluding hydrogens is 368 g/mol. The van der Waals surface area contributed by atoms with Gasteiger partial charge >= 0.3 is 12.4 Å². The van der Waals surface area contributed by atoms with Crippen molar-refractivity contribution in [3.05, 3.63) is 58.0 Å². The van der Waals surface area contributed by atoms with Crippen molar-refractivity contribution in [2.24, 2.45) is 0 Å². The zero-order valence-electron chi connectivity index (χ0n) is 13.0. The minimum Gasteiger partial charge on any atom is -0.324 e. The van der Waals surface area contributed by atoms with Crippen molar-refractivity contribution >= 4 is 11.6 Å². The van der Waals surface area contributed by atoms with Gasteiger partial charge in [0.25, 0.3) is 5.56 Å². The number of benzene rings is 1. The highest BCUT2D eigenvalue weighted by molar-refractivity contribution is 5.93.